The Morgan fingerprint density at radius 2 is 1.45 bits per heavy atom. The molecule has 6 rings (SSSR count). The number of aromatic amines is 2. The van der Waals surface area contributed by atoms with E-state index in [-0.39, 0.29) is 35.2 Å². The van der Waals surface area contributed by atoms with Gasteiger partial charge in [-0.25, -0.2) is 0 Å². The largest absolute Gasteiger partial charge is 0.388 e. The average Bonchev–Trinajstić information content (AvgIpc) is 3.73. The molecule has 3 aromatic rings. The van der Waals surface area contributed by atoms with E-state index in [1.165, 1.54) is 0 Å². The number of aromatic nitrogens is 4. The molecule has 44 heavy (non-hydrogen) atoms. The maximum Gasteiger partial charge on any atom is 0.169 e. The Morgan fingerprint density at radius 3 is 2.02 bits per heavy atom. The number of aryl methyl sites for hydroxylation is 2. The average molecular weight is 599 g/mol. The maximum atomic E-state index is 13.3. The molecule has 2 aliphatic heterocycles. The van der Waals surface area contributed by atoms with Crippen LogP contribution in [0.4, 0.5) is 0 Å². The van der Waals surface area contributed by atoms with E-state index in [2.05, 4.69) is 41.5 Å². The fraction of sp³-hybridized carbons (Fsp3) is 0.472. The molecule has 0 aromatic carbocycles. The van der Waals surface area contributed by atoms with Gasteiger partial charge in [0.05, 0.1) is 16.7 Å². The molecular weight excluding hydrogens is 552 g/mol. The van der Waals surface area contributed by atoms with Gasteiger partial charge in [-0.05, 0) is 56.5 Å². The van der Waals surface area contributed by atoms with Gasteiger partial charge < -0.3 is 19.5 Å². The summed E-state index contributed by atoms with van der Waals surface area (Å²) in [7, 11) is 3.25. The monoisotopic (exact) mass is 598 g/mol. The Balaban J connectivity index is 0.000000834. The Kier molecular flexibility index (Phi) is 10.0. The van der Waals surface area contributed by atoms with Crippen molar-refractivity contribution in [2.75, 3.05) is 14.2 Å². The second-order valence-corrected chi connectivity index (χ2v) is 11.9. The van der Waals surface area contributed by atoms with Crippen molar-refractivity contribution >= 4 is 39.9 Å². The molecule has 3 aromatic heterocycles. The number of ketones is 2. The zero-order valence-electron chi connectivity index (χ0n) is 27.8. The highest BCUT2D eigenvalue weighted by molar-refractivity contribution is 6.13. The summed E-state index contributed by atoms with van der Waals surface area (Å²) >= 11 is 0. The predicted octanol–water partition coefficient (Wildman–Crippen LogP) is 7.94. The number of nitrogens with one attached hydrogen (secondary N) is 2. The smallest absolute Gasteiger partial charge is 0.169 e. The predicted molar refractivity (Wildman–Crippen MR) is 176 cm³/mol. The molecule has 2 unspecified atom stereocenters. The van der Waals surface area contributed by atoms with Crippen LogP contribution < -0.4 is 0 Å². The van der Waals surface area contributed by atoms with Crippen LogP contribution in [0.15, 0.2) is 18.2 Å². The van der Waals surface area contributed by atoms with Crippen molar-refractivity contribution < 1.29 is 19.1 Å². The molecule has 234 valence electrons. The van der Waals surface area contributed by atoms with Gasteiger partial charge in [0, 0.05) is 95.5 Å². The van der Waals surface area contributed by atoms with Gasteiger partial charge in [-0.2, -0.15) is 0 Å². The summed E-state index contributed by atoms with van der Waals surface area (Å²) in [4.78, 5) is 54.7. The first-order valence-electron chi connectivity index (χ1n) is 15.7. The van der Waals surface area contributed by atoms with E-state index in [0.29, 0.717) is 24.8 Å². The molecule has 5 heterocycles. The number of ether oxygens (including phenoxy) is 1. The summed E-state index contributed by atoms with van der Waals surface area (Å²) in [6, 6.07) is 6.11. The van der Waals surface area contributed by atoms with Gasteiger partial charge in [-0.1, -0.05) is 34.6 Å². The fourth-order valence-corrected chi connectivity index (χ4v) is 6.72. The molecule has 8 bridgehead atoms. The lowest BCUT2D eigenvalue weighted by atomic mass is 9.86. The van der Waals surface area contributed by atoms with Crippen LogP contribution in [-0.4, -0.2) is 52.0 Å². The normalized spacial score (nSPS) is 20.0. The molecule has 8 nitrogen and oxygen atoms in total. The first-order chi connectivity index (χ1) is 21.0. The third kappa shape index (κ3) is 5.68. The number of carbonyl (C=O) groups excluding carboxylic acids is 3. The number of hydrogen-bond acceptors (Lipinski definition) is 6. The number of rotatable bonds is 4. The number of nitrogens with zero attached hydrogens (tertiary/aromatic N) is 2. The zero-order chi connectivity index (χ0) is 32.5. The summed E-state index contributed by atoms with van der Waals surface area (Å²) < 4.78 is 4.25. The lowest BCUT2D eigenvalue weighted by Crippen LogP contribution is -2.05. The Hall–Kier alpha value is -3.91. The molecule has 0 amide bonds. The van der Waals surface area contributed by atoms with Crippen LogP contribution in [0.25, 0.3) is 22.1 Å². The van der Waals surface area contributed by atoms with Crippen molar-refractivity contribution in [3.05, 3.63) is 68.8 Å². The van der Waals surface area contributed by atoms with Gasteiger partial charge in [0.25, 0.3) is 0 Å². The van der Waals surface area contributed by atoms with Gasteiger partial charge in [0.1, 0.15) is 6.29 Å². The molecule has 0 spiro atoms. The molecule has 1 aliphatic carbocycles. The number of aldehydes is 1. The number of H-pyrrole nitrogens is 2. The third-order valence-electron chi connectivity index (χ3n) is 9.27. The molecule has 0 radical (unpaired) electrons. The Labute approximate surface area is 260 Å². The van der Waals surface area contributed by atoms with Crippen molar-refractivity contribution in [3.8, 4) is 0 Å². The quantitative estimate of drug-likeness (QED) is 0.233. The zero-order valence-corrected chi connectivity index (χ0v) is 27.8. The number of Topliss-reactive ketones (excluding diaryl/α,β-unsaturated/α-hetero) is 2. The van der Waals surface area contributed by atoms with Crippen molar-refractivity contribution in [2.24, 2.45) is 0 Å². The first kappa shape index (κ1) is 33.0. The highest BCUT2D eigenvalue weighted by Crippen LogP contribution is 2.44. The standard InChI is InChI=1S/C32H34N4O3.C2H6O.C2H6/c1-14-15(2)23-13-27-29(19(6)38)17(4)25(34-27)12-24-16(3)20(8-7-9-37)31(35-24)21-10-28(39)30-18(5)26(36-32(21)30)11-22(14)33-23;1-3-2;1-2/h9,11-16,20,34,36H,7-8,10H2,1-6H3;1-2H3;1-2H3/t14?,15-,16+,20?;;/m1../s1. The van der Waals surface area contributed by atoms with Crippen LogP contribution in [0.1, 0.15) is 138 Å². The van der Waals surface area contributed by atoms with Gasteiger partial charge in [0.15, 0.2) is 11.6 Å². The van der Waals surface area contributed by atoms with E-state index in [4.69, 9.17) is 9.97 Å². The van der Waals surface area contributed by atoms with E-state index in [9.17, 15) is 14.4 Å². The molecule has 2 N–H and O–H groups in total. The summed E-state index contributed by atoms with van der Waals surface area (Å²) in [6.07, 6.45) is 2.36. The minimum Gasteiger partial charge on any atom is -0.388 e. The summed E-state index contributed by atoms with van der Waals surface area (Å²) in [5, 5.41) is 0. The Bertz CT molecular complexity index is 1760. The van der Waals surface area contributed by atoms with Crippen LogP contribution in [-0.2, 0) is 16.0 Å². The Morgan fingerprint density at radius 1 is 0.909 bits per heavy atom. The van der Waals surface area contributed by atoms with E-state index in [0.717, 1.165) is 73.4 Å². The molecule has 0 saturated heterocycles. The van der Waals surface area contributed by atoms with Crippen molar-refractivity contribution in [1.82, 2.24) is 19.9 Å². The molecule has 0 saturated carbocycles. The molecular formula is C36H46N4O4. The SMILES string of the molecule is CC.CC(=O)c1c(C)c2cc3nc(c4c5[nH]c(cc6nc(cc1[nH]2)[C@H](C)C6C)c(C)c5C(=O)C4)C(CCC=O)[C@@H]3C.COC. The van der Waals surface area contributed by atoms with Crippen LogP contribution >= 0.6 is 0 Å². The van der Waals surface area contributed by atoms with E-state index in [1.807, 2.05) is 39.8 Å². The van der Waals surface area contributed by atoms with Crippen molar-refractivity contribution in [2.45, 2.75) is 98.3 Å². The highest BCUT2D eigenvalue weighted by Gasteiger charge is 2.35. The highest BCUT2D eigenvalue weighted by atomic mass is 16.4. The van der Waals surface area contributed by atoms with Gasteiger partial charge >= 0.3 is 0 Å². The number of hydrogen-bond donors (Lipinski definition) is 2. The van der Waals surface area contributed by atoms with Gasteiger partial charge in [-0.3, -0.25) is 19.6 Å². The second kappa shape index (κ2) is 13.4. The van der Waals surface area contributed by atoms with E-state index >= 15 is 0 Å². The minimum absolute atomic E-state index is 0.00179. The van der Waals surface area contributed by atoms with Crippen molar-refractivity contribution in [1.29, 1.82) is 0 Å². The number of methoxy groups -OCH3 is 1. The molecule has 3 aliphatic rings. The minimum atomic E-state index is 0.00179. The van der Waals surface area contributed by atoms with Crippen LogP contribution in [0.3, 0.4) is 0 Å². The number of carbonyl (C=O) groups is 3. The van der Waals surface area contributed by atoms with Crippen LogP contribution in [0.2, 0.25) is 0 Å². The summed E-state index contributed by atoms with van der Waals surface area (Å²) in [6.45, 7) is 16.0. The lowest BCUT2D eigenvalue weighted by Gasteiger charge is -2.15. The second-order valence-electron chi connectivity index (χ2n) is 11.9. The van der Waals surface area contributed by atoms with Crippen LogP contribution in [0, 0.1) is 13.8 Å². The fourth-order valence-electron chi connectivity index (χ4n) is 6.72. The summed E-state index contributed by atoms with van der Waals surface area (Å²) in [5.74, 6) is 0.522. The third-order valence-corrected chi connectivity index (χ3v) is 9.27. The van der Waals surface area contributed by atoms with Crippen LogP contribution in [0.5, 0.6) is 0 Å². The van der Waals surface area contributed by atoms with Crippen molar-refractivity contribution in [3.63, 3.8) is 0 Å². The molecule has 4 atom stereocenters. The topological polar surface area (TPSA) is 118 Å². The van der Waals surface area contributed by atoms with E-state index in [1.54, 1.807) is 21.1 Å². The summed E-state index contributed by atoms with van der Waals surface area (Å²) in [5.41, 5.74) is 11.2. The molecule has 0 fully saturated rings. The maximum absolute atomic E-state index is 13.3. The lowest BCUT2D eigenvalue weighted by molar-refractivity contribution is -0.108. The van der Waals surface area contributed by atoms with Gasteiger partial charge in [-0.15, -0.1) is 0 Å². The number of fused-ring (bicyclic) bond motifs is 8. The molecule has 8 heteroatoms. The van der Waals surface area contributed by atoms with E-state index < -0.39 is 0 Å². The first-order valence-corrected chi connectivity index (χ1v) is 15.7. The van der Waals surface area contributed by atoms with Gasteiger partial charge in [0.2, 0.25) is 0 Å².